The fourth-order valence-corrected chi connectivity index (χ4v) is 2.02. The molecule has 0 aromatic heterocycles. The number of carbonyl (C=O) groups is 3. The van der Waals surface area contributed by atoms with Crippen LogP contribution in [0.3, 0.4) is 0 Å². The molecule has 1 heterocycles. The van der Waals surface area contributed by atoms with Gasteiger partial charge in [-0.3, -0.25) is 10.1 Å². The van der Waals surface area contributed by atoms with Crippen molar-refractivity contribution < 1.29 is 19.1 Å². The Hall–Kier alpha value is -3.41. The van der Waals surface area contributed by atoms with Gasteiger partial charge in [0.25, 0.3) is 5.91 Å². The first-order chi connectivity index (χ1) is 11.1. The second-order valence-electron chi connectivity index (χ2n) is 4.79. The summed E-state index contributed by atoms with van der Waals surface area (Å²) in [5, 5.41) is 4.51. The molecule has 0 radical (unpaired) electrons. The van der Waals surface area contributed by atoms with Crippen LogP contribution in [0.15, 0.2) is 60.3 Å². The van der Waals surface area contributed by atoms with Crippen molar-refractivity contribution in [3.8, 4) is 5.75 Å². The standard InChI is InChI=1S/C17H12N2O4/c20-15-14(18-17(22)19-15)10-11-6-8-13(9-7-11)23-16(21)12-4-2-1-3-5-12/h1-10H,(H2,18,19,20,22). The molecule has 0 bridgehead atoms. The van der Waals surface area contributed by atoms with Crippen molar-refractivity contribution in [2.45, 2.75) is 0 Å². The Bertz CT molecular complexity index is 795. The lowest BCUT2D eigenvalue weighted by molar-refractivity contribution is -0.115. The van der Waals surface area contributed by atoms with Gasteiger partial charge in [0.05, 0.1) is 5.56 Å². The Labute approximate surface area is 131 Å². The monoisotopic (exact) mass is 308 g/mol. The van der Waals surface area contributed by atoms with Crippen LogP contribution in [0, 0.1) is 0 Å². The molecule has 2 aromatic carbocycles. The highest BCUT2D eigenvalue weighted by Crippen LogP contribution is 2.16. The molecule has 1 fully saturated rings. The maximum atomic E-state index is 11.9. The summed E-state index contributed by atoms with van der Waals surface area (Å²) in [7, 11) is 0. The van der Waals surface area contributed by atoms with E-state index in [1.807, 2.05) is 6.07 Å². The third kappa shape index (κ3) is 3.44. The predicted molar refractivity (Wildman–Crippen MR) is 82.5 cm³/mol. The molecule has 3 rings (SSSR count). The van der Waals surface area contributed by atoms with E-state index in [2.05, 4.69) is 10.6 Å². The molecule has 114 valence electrons. The molecule has 0 aliphatic carbocycles. The average molecular weight is 308 g/mol. The fraction of sp³-hybridized carbons (Fsp3) is 0. The van der Waals surface area contributed by atoms with Gasteiger partial charge in [-0.25, -0.2) is 9.59 Å². The van der Waals surface area contributed by atoms with Crippen LogP contribution in [0.1, 0.15) is 15.9 Å². The zero-order chi connectivity index (χ0) is 16.2. The number of benzene rings is 2. The van der Waals surface area contributed by atoms with Gasteiger partial charge < -0.3 is 10.1 Å². The summed E-state index contributed by atoms with van der Waals surface area (Å²) >= 11 is 0. The summed E-state index contributed by atoms with van der Waals surface area (Å²) in [6, 6.07) is 14.7. The number of amides is 3. The van der Waals surface area contributed by atoms with Gasteiger partial charge in [0.1, 0.15) is 11.4 Å². The highest BCUT2D eigenvalue weighted by atomic mass is 16.5. The van der Waals surface area contributed by atoms with Gasteiger partial charge in [-0.15, -0.1) is 0 Å². The van der Waals surface area contributed by atoms with Crippen molar-refractivity contribution >= 4 is 24.0 Å². The number of carbonyl (C=O) groups excluding carboxylic acids is 3. The second-order valence-corrected chi connectivity index (χ2v) is 4.79. The lowest BCUT2D eigenvalue weighted by atomic mass is 10.2. The third-order valence-electron chi connectivity index (χ3n) is 3.13. The minimum atomic E-state index is -0.547. The van der Waals surface area contributed by atoms with Gasteiger partial charge in [-0.2, -0.15) is 0 Å². The molecule has 0 unspecified atom stereocenters. The normalized spacial score (nSPS) is 15.2. The average Bonchev–Trinajstić information content (AvgIpc) is 2.87. The van der Waals surface area contributed by atoms with E-state index >= 15 is 0 Å². The second kappa shape index (κ2) is 6.15. The molecule has 23 heavy (non-hydrogen) atoms. The van der Waals surface area contributed by atoms with Gasteiger partial charge in [0.15, 0.2) is 0 Å². The van der Waals surface area contributed by atoms with Crippen molar-refractivity contribution in [1.29, 1.82) is 0 Å². The lowest BCUT2D eigenvalue weighted by Crippen LogP contribution is -2.22. The molecule has 2 N–H and O–H groups in total. The van der Waals surface area contributed by atoms with Gasteiger partial charge in [0, 0.05) is 0 Å². The van der Waals surface area contributed by atoms with Crippen molar-refractivity contribution in [2.24, 2.45) is 0 Å². The van der Waals surface area contributed by atoms with Crippen LogP contribution >= 0.6 is 0 Å². The highest BCUT2D eigenvalue weighted by Gasteiger charge is 2.22. The van der Waals surface area contributed by atoms with E-state index < -0.39 is 17.9 Å². The van der Waals surface area contributed by atoms with E-state index in [-0.39, 0.29) is 5.70 Å². The molecule has 1 saturated heterocycles. The Morgan fingerprint density at radius 2 is 1.61 bits per heavy atom. The van der Waals surface area contributed by atoms with E-state index in [1.54, 1.807) is 48.5 Å². The summed E-state index contributed by atoms with van der Waals surface area (Å²) < 4.78 is 5.25. The van der Waals surface area contributed by atoms with Crippen molar-refractivity contribution in [3.05, 3.63) is 71.4 Å². The summed E-state index contributed by atoms with van der Waals surface area (Å²) in [5.41, 5.74) is 1.32. The smallest absolute Gasteiger partial charge is 0.343 e. The lowest BCUT2D eigenvalue weighted by Gasteiger charge is -2.04. The Morgan fingerprint density at radius 1 is 0.913 bits per heavy atom. The molecule has 1 aliphatic rings. The molecular formula is C17H12N2O4. The summed E-state index contributed by atoms with van der Waals surface area (Å²) in [4.78, 5) is 34.4. The van der Waals surface area contributed by atoms with Crippen LogP contribution in [-0.4, -0.2) is 17.9 Å². The SMILES string of the molecule is O=C1NC(=O)C(=Cc2ccc(OC(=O)c3ccccc3)cc2)N1. The number of hydrogen-bond donors (Lipinski definition) is 2. The summed E-state index contributed by atoms with van der Waals surface area (Å²) in [6.07, 6.45) is 1.53. The molecule has 1 aliphatic heterocycles. The summed E-state index contributed by atoms with van der Waals surface area (Å²) in [5.74, 6) is -0.533. The first-order valence-electron chi connectivity index (χ1n) is 6.83. The van der Waals surface area contributed by atoms with Crippen LogP contribution in [-0.2, 0) is 4.79 Å². The topological polar surface area (TPSA) is 84.5 Å². The van der Waals surface area contributed by atoms with E-state index in [9.17, 15) is 14.4 Å². The molecule has 2 aromatic rings. The predicted octanol–water partition coefficient (Wildman–Crippen LogP) is 2.09. The van der Waals surface area contributed by atoms with Crippen molar-refractivity contribution in [2.75, 3.05) is 0 Å². The molecule has 0 saturated carbocycles. The van der Waals surface area contributed by atoms with Crippen LogP contribution in [0.4, 0.5) is 4.79 Å². The van der Waals surface area contributed by atoms with Gasteiger partial charge in [0.2, 0.25) is 0 Å². The molecule has 0 spiro atoms. The first-order valence-corrected chi connectivity index (χ1v) is 6.83. The minimum Gasteiger partial charge on any atom is -0.423 e. The number of urea groups is 1. The zero-order valence-electron chi connectivity index (χ0n) is 11.9. The van der Waals surface area contributed by atoms with Crippen molar-refractivity contribution in [1.82, 2.24) is 10.6 Å². The Balaban J connectivity index is 1.70. The van der Waals surface area contributed by atoms with E-state index in [0.717, 1.165) is 0 Å². The third-order valence-corrected chi connectivity index (χ3v) is 3.13. The fourth-order valence-electron chi connectivity index (χ4n) is 2.02. The number of rotatable bonds is 3. The molecule has 6 nitrogen and oxygen atoms in total. The maximum Gasteiger partial charge on any atom is 0.343 e. The minimum absolute atomic E-state index is 0.170. The molecule has 3 amide bonds. The van der Waals surface area contributed by atoms with Crippen LogP contribution in [0.2, 0.25) is 0 Å². The van der Waals surface area contributed by atoms with Gasteiger partial charge >= 0.3 is 12.0 Å². The van der Waals surface area contributed by atoms with E-state index in [0.29, 0.717) is 16.9 Å². The molecule has 0 atom stereocenters. The zero-order valence-corrected chi connectivity index (χ0v) is 11.9. The van der Waals surface area contributed by atoms with Crippen LogP contribution < -0.4 is 15.4 Å². The summed E-state index contributed by atoms with van der Waals surface area (Å²) in [6.45, 7) is 0. The van der Waals surface area contributed by atoms with Gasteiger partial charge in [-0.05, 0) is 35.9 Å². The van der Waals surface area contributed by atoms with E-state index in [1.165, 1.54) is 6.08 Å². The largest absolute Gasteiger partial charge is 0.423 e. The maximum absolute atomic E-state index is 11.9. The number of hydrogen-bond acceptors (Lipinski definition) is 4. The first kappa shape index (κ1) is 14.5. The van der Waals surface area contributed by atoms with Crippen molar-refractivity contribution in [3.63, 3.8) is 0 Å². The van der Waals surface area contributed by atoms with Gasteiger partial charge in [-0.1, -0.05) is 30.3 Å². The van der Waals surface area contributed by atoms with E-state index in [4.69, 9.17) is 4.74 Å². The molecular weight excluding hydrogens is 296 g/mol. The molecule has 6 heteroatoms. The van der Waals surface area contributed by atoms with Crippen LogP contribution in [0.25, 0.3) is 6.08 Å². The van der Waals surface area contributed by atoms with Crippen LogP contribution in [0.5, 0.6) is 5.75 Å². The number of ether oxygens (including phenoxy) is 1. The Kier molecular flexibility index (Phi) is 3.88. The number of nitrogens with one attached hydrogen (secondary N) is 2. The quantitative estimate of drug-likeness (QED) is 0.393. The Morgan fingerprint density at radius 3 is 2.22 bits per heavy atom. The highest BCUT2D eigenvalue weighted by molar-refractivity contribution is 6.13. The number of imide groups is 1. The number of esters is 1.